The number of hydrogen-bond acceptors (Lipinski definition) is 6. The third-order valence-electron chi connectivity index (χ3n) is 5.46. The number of Topliss-reactive ketones (excluding diaryl/α,β-unsaturated/α-hetero) is 1. The zero-order valence-corrected chi connectivity index (χ0v) is 16.3. The van der Waals surface area contributed by atoms with E-state index in [4.69, 9.17) is 4.42 Å². The van der Waals surface area contributed by atoms with Crippen LogP contribution in [0.15, 0.2) is 45.6 Å². The average Bonchev–Trinajstić information content (AvgIpc) is 2.71. The van der Waals surface area contributed by atoms with Crippen molar-refractivity contribution >= 4 is 16.8 Å². The molecule has 1 aliphatic heterocycles. The average molecular weight is 393 g/mol. The Labute approximate surface area is 168 Å². The molecule has 150 valence electrons. The standard InChI is InChI=1S/C23H23NO5/c1-14(25)19-21(27)16(13-24-10-6-3-7-11-24)23-20(22(19)28)17(26)12-18(29-23)15-8-4-2-5-9-15/h2,4-5,8-9,12,27-28H,3,6-7,10-11,13H2,1H3. The molecule has 3 aromatic rings. The van der Waals surface area contributed by atoms with E-state index in [9.17, 15) is 19.8 Å². The molecule has 2 heterocycles. The first-order valence-electron chi connectivity index (χ1n) is 9.80. The summed E-state index contributed by atoms with van der Waals surface area (Å²) in [5, 5.41) is 21.4. The molecule has 0 aliphatic carbocycles. The van der Waals surface area contributed by atoms with Crippen LogP contribution >= 0.6 is 0 Å². The van der Waals surface area contributed by atoms with E-state index in [2.05, 4.69) is 4.90 Å². The van der Waals surface area contributed by atoms with Gasteiger partial charge >= 0.3 is 0 Å². The largest absolute Gasteiger partial charge is 0.507 e. The zero-order chi connectivity index (χ0) is 20.5. The van der Waals surface area contributed by atoms with Crippen molar-refractivity contribution in [1.29, 1.82) is 0 Å². The SMILES string of the molecule is CC(=O)c1c(O)c(CN2CCCCC2)c2oc(-c3ccccc3)cc(=O)c2c1O. The van der Waals surface area contributed by atoms with Gasteiger partial charge in [-0.1, -0.05) is 36.8 Å². The van der Waals surface area contributed by atoms with Gasteiger partial charge in [-0.2, -0.15) is 0 Å². The Bertz CT molecular complexity index is 1130. The number of benzene rings is 2. The molecule has 0 atom stereocenters. The van der Waals surface area contributed by atoms with Crippen molar-refractivity contribution in [3.63, 3.8) is 0 Å². The maximum atomic E-state index is 12.9. The van der Waals surface area contributed by atoms with Gasteiger partial charge < -0.3 is 14.6 Å². The van der Waals surface area contributed by atoms with Crippen molar-refractivity contribution in [3.8, 4) is 22.8 Å². The van der Waals surface area contributed by atoms with Gasteiger partial charge in [0.1, 0.15) is 28.2 Å². The van der Waals surface area contributed by atoms with Crippen molar-refractivity contribution in [2.45, 2.75) is 32.7 Å². The summed E-state index contributed by atoms with van der Waals surface area (Å²) in [5.74, 6) is -1.01. The molecule has 4 rings (SSSR count). The van der Waals surface area contributed by atoms with Crippen LogP contribution in [0.1, 0.15) is 42.1 Å². The number of piperidine rings is 1. The smallest absolute Gasteiger partial charge is 0.197 e. The second kappa shape index (κ2) is 7.72. The highest BCUT2D eigenvalue weighted by molar-refractivity contribution is 6.06. The van der Waals surface area contributed by atoms with E-state index in [1.165, 1.54) is 13.0 Å². The number of hydrogen-bond donors (Lipinski definition) is 2. The van der Waals surface area contributed by atoms with E-state index in [0.29, 0.717) is 23.4 Å². The molecule has 1 saturated heterocycles. The van der Waals surface area contributed by atoms with Crippen LogP contribution in [0.5, 0.6) is 11.5 Å². The lowest BCUT2D eigenvalue weighted by molar-refractivity contribution is 0.101. The molecule has 0 saturated carbocycles. The summed E-state index contributed by atoms with van der Waals surface area (Å²) >= 11 is 0. The van der Waals surface area contributed by atoms with Crippen molar-refractivity contribution in [2.24, 2.45) is 0 Å². The predicted molar refractivity (Wildman–Crippen MR) is 110 cm³/mol. The molecule has 1 aliphatic rings. The van der Waals surface area contributed by atoms with Crippen molar-refractivity contribution in [1.82, 2.24) is 4.90 Å². The lowest BCUT2D eigenvalue weighted by Gasteiger charge is -2.27. The van der Waals surface area contributed by atoms with E-state index in [1.807, 2.05) is 30.3 Å². The molecule has 6 heteroatoms. The van der Waals surface area contributed by atoms with E-state index in [-0.39, 0.29) is 22.3 Å². The number of carbonyl (C=O) groups excluding carboxylic acids is 1. The minimum absolute atomic E-state index is 0.0697. The summed E-state index contributed by atoms with van der Waals surface area (Å²) < 4.78 is 6.04. The maximum Gasteiger partial charge on any atom is 0.197 e. The van der Waals surface area contributed by atoms with Crippen molar-refractivity contribution in [3.05, 3.63) is 57.7 Å². The summed E-state index contributed by atoms with van der Waals surface area (Å²) in [7, 11) is 0. The van der Waals surface area contributed by atoms with Crippen molar-refractivity contribution in [2.75, 3.05) is 13.1 Å². The number of nitrogens with zero attached hydrogens (tertiary/aromatic N) is 1. The molecule has 2 aromatic carbocycles. The van der Waals surface area contributed by atoms with Crippen LogP contribution in [0, 0.1) is 0 Å². The van der Waals surface area contributed by atoms with Gasteiger partial charge in [-0.25, -0.2) is 0 Å². The summed E-state index contributed by atoms with van der Waals surface area (Å²) in [6.45, 7) is 3.31. The molecule has 0 spiro atoms. The maximum absolute atomic E-state index is 12.9. The molecule has 29 heavy (non-hydrogen) atoms. The Hall–Kier alpha value is -3.12. The third-order valence-corrected chi connectivity index (χ3v) is 5.46. The summed E-state index contributed by atoms with van der Waals surface area (Å²) in [4.78, 5) is 27.2. The number of carbonyl (C=O) groups is 1. The van der Waals surface area contributed by atoms with Gasteiger partial charge in [-0.15, -0.1) is 0 Å². The lowest BCUT2D eigenvalue weighted by Crippen LogP contribution is -2.29. The molecule has 6 nitrogen and oxygen atoms in total. The highest BCUT2D eigenvalue weighted by atomic mass is 16.3. The summed E-state index contributed by atoms with van der Waals surface area (Å²) in [6.07, 6.45) is 3.26. The number of phenols is 2. The Morgan fingerprint density at radius 2 is 1.76 bits per heavy atom. The molecule has 0 amide bonds. The summed E-state index contributed by atoms with van der Waals surface area (Å²) in [6, 6.07) is 10.5. The van der Waals surface area contributed by atoms with Crippen LogP contribution in [-0.2, 0) is 6.54 Å². The zero-order valence-electron chi connectivity index (χ0n) is 16.3. The molecule has 1 fully saturated rings. The van der Waals surface area contributed by atoms with Crippen LogP contribution < -0.4 is 5.43 Å². The fraction of sp³-hybridized carbons (Fsp3) is 0.304. The minimum atomic E-state index is -0.527. The molecular weight excluding hydrogens is 370 g/mol. The number of fused-ring (bicyclic) bond motifs is 1. The molecular formula is C23H23NO5. The number of aromatic hydroxyl groups is 2. The van der Waals surface area contributed by atoms with E-state index >= 15 is 0 Å². The molecule has 0 unspecified atom stereocenters. The number of likely N-dealkylation sites (tertiary alicyclic amines) is 1. The van der Waals surface area contributed by atoms with Gasteiger partial charge in [-0.05, 0) is 32.9 Å². The van der Waals surface area contributed by atoms with E-state index in [0.717, 1.165) is 32.4 Å². The van der Waals surface area contributed by atoms with Gasteiger partial charge in [0.2, 0.25) is 0 Å². The number of phenolic OH excluding ortho intramolecular Hbond substituents is 2. The van der Waals surface area contributed by atoms with Crippen LogP contribution in [0.2, 0.25) is 0 Å². The highest BCUT2D eigenvalue weighted by Crippen LogP contribution is 2.40. The Kier molecular flexibility index (Phi) is 5.11. The van der Waals surface area contributed by atoms with E-state index in [1.54, 1.807) is 0 Å². The molecule has 0 bridgehead atoms. The Morgan fingerprint density at radius 1 is 1.07 bits per heavy atom. The first-order chi connectivity index (χ1) is 14.0. The van der Waals surface area contributed by atoms with Gasteiger partial charge in [-0.3, -0.25) is 14.5 Å². The van der Waals surface area contributed by atoms with Crippen LogP contribution in [-0.4, -0.2) is 34.0 Å². The predicted octanol–water partition coefficient (Wildman–Crippen LogP) is 4.06. The van der Waals surface area contributed by atoms with Gasteiger partial charge in [0.15, 0.2) is 16.8 Å². The second-order valence-corrected chi connectivity index (χ2v) is 7.49. The molecule has 2 N–H and O–H groups in total. The number of ketones is 1. The summed E-state index contributed by atoms with van der Waals surface area (Å²) in [5.41, 5.74) is 0.515. The van der Waals surface area contributed by atoms with Crippen LogP contribution in [0.3, 0.4) is 0 Å². The molecule has 1 aromatic heterocycles. The Balaban J connectivity index is 1.99. The molecule has 0 radical (unpaired) electrons. The second-order valence-electron chi connectivity index (χ2n) is 7.49. The van der Waals surface area contributed by atoms with Crippen LogP contribution in [0.25, 0.3) is 22.3 Å². The topological polar surface area (TPSA) is 91.0 Å². The number of rotatable bonds is 4. The first-order valence-corrected chi connectivity index (χ1v) is 9.80. The first kappa shape index (κ1) is 19.2. The van der Waals surface area contributed by atoms with Gasteiger partial charge in [0.25, 0.3) is 0 Å². The van der Waals surface area contributed by atoms with Crippen LogP contribution in [0.4, 0.5) is 0 Å². The van der Waals surface area contributed by atoms with Gasteiger partial charge in [0, 0.05) is 18.2 Å². The lowest BCUT2D eigenvalue weighted by atomic mass is 9.98. The minimum Gasteiger partial charge on any atom is -0.507 e. The monoisotopic (exact) mass is 393 g/mol. The third kappa shape index (κ3) is 3.51. The quantitative estimate of drug-likeness (QED) is 0.650. The Morgan fingerprint density at radius 3 is 2.41 bits per heavy atom. The fourth-order valence-electron chi connectivity index (χ4n) is 3.99. The van der Waals surface area contributed by atoms with Crippen molar-refractivity contribution < 1.29 is 19.4 Å². The highest BCUT2D eigenvalue weighted by Gasteiger charge is 2.27. The fourth-order valence-corrected chi connectivity index (χ4v) is 3.99. The van der Waals surface area contributed by atoms with Gasteiger partial charge in [0.05, 0.1) is 5.56 Å². The van der Waals surface area contributed by atoms with E-state index < -0.39 is 17.0 Å². The normalized spacial score (nSPS) is 14.9.